The lowest BCUT2D eigenvalue weighted by Gasteiger charge is -2.22. The quantitative estimate of drug-likeness (QED) is 0.576. The molecule has 1 atom stereocenters. The van der Waals surface area contributed by atoms with E-state index < -0.39 is 23.7 Å². The van der Waals surface area contributed by atoms with Crippen LogP contribution in [0.3, 0.4) is 0 Å². The number of esters is 1. The summed E-state index contributed by atoms with van der Waals surface area (Å²) in [6, 6.07) is -0.692. The highest BCUT2D eigenvalue weighted by molar-refractivity contribution is 7.98. The second-order valence-electron chi connectivity index (χ2n) is 4.90. The molecule has 0 fully saturated rings. The van der Waals surface area contributed by atoms with Crippen molar-refractivity contribution >= 4 is 23.8 Å². The topological polar surface area (TPSA) is 64.6 Å². The number of hydrogen-bond donors (Lipinski definition) is 1. The molecule has 0 aromatic heterocycles. The lowest BCUT2D eigenvalue weighted by Crippen LogP contribution is -2.44. The Kier molecular flexibility index (Phi) is 8.30. The first-order chi connectivity index (χ1) is 8.80. The first-order valence-electron chi connectivity index (χ1n) is 6.06. The lowest BCUT2D eigenvalue weighted by atomic mass is 10.2. The molecule has 1 unspecified atom stereocenters. The van der Waals surface area contributed by atoms with Crippen molar-refractivity contribution in [3.8, 4) is 0 Å². The third-order valence-electron chi connectivity index (χ3n) is 1.93. The minimum absolute atomic E-state index is 0.130. The van der Waals surface area contributed by atoms with Gasteiger partial charge in [0.15, 0.2) is 0 Å². The molecule has 0 aromatic rings. The number of rotatable bonds is 7. The highest BCUT2D eigenvalue weighted by atomic mass is 32.2. The summed E-state index contributed by atoms with van der Waals surface area (Å²) in [6.45, 7) is 8.89. The Balaban J connectivity index is 4.44. The molecule has 0 aliphatic heterocycles. The van der Waals surface area contributed by atoms with Gasteiger partial charge in [0.2, 0.25) is 0 Å². The van der Waals surface area contributed by atoms with Crippen LogP contribution in [0.1, 0.15) is 27.2 Å². The van der Waals surface area contributed by atoms with Gasteiger partial charge in [-0.15, -0.1) is 0 Å². The van der Waals surface area contributed by atoms with E-state index >= 15 is 0 Å². The molecule has 110 valence electrons. The van der Waals surface area contributed by atoms with Crippen molar-refractivity contribution in [1.29, 1.82) is 0 Å². The van der Waals surface area contributed by atoms with E-state index in [9.17, 15) is 9.59 Å². The molecule has 0 rings (SSSR count). The van der Waals surface area contributed by atoms with E-state index in [0.717, 1.165) is 5.75 Å². The van der Waals surface area contributed by atoms with Crippen LogP contribution in [0.4, 0.5) is 4.79 Å². The highest BCUT2D eigenvalue weighted by Gasteiger charge is 2.24. The average molecular weight is 289 g/mol. The predicted molar refractivity (Wildman–Crippen MR) is 77.3 cm³/mol. The average Bonchev–Trinajstić information content (AvgIpc) is 2.29. The Morgan fingerprint density at radius 2 is 2.05 bits per heavy atom. The molecule has 6 heteroatoms. The van der Waals surface area contributed by atoms with Crippen molar-refractivity contribution < 1.29 is 19.1 Å². The summed E-state index contributed by atoms with van der Waals surface area (Å²) < 4.78 is 10.1. The second kappa shape index (κ2) is 8.85. The number of ether oxygens (including phenoxy) is 2. The number of thioether (sulfide) groups is 1. The Bertz CT molecular complexity index is 312. The Hall–Kier alpha value is -1.17. The van der Waals surface area contributed by atoms with Gasteiger partial charge >= 0.3 is 12.1 Å². The molecule has 5 nitrogen and oxygen atoms in total. The van der Waals surface area contributed by atoms with E-state index in [2.05, 4.69) is 11.9 Å². The Morgan fingerprint density at radius 3 is 2.53 bits per heavy atom. The molecular formula is C13H23NO4S. The molecule has 0 aliphatic carbocycles. The van der Waals surface area contributed by atoms with Crippen LogP contribution in [0.5, 0.6) is 0 Å². The van der Waals surface area contributed by atoms with Crippen molar-refractivity contribution in [2.45, 2.75) is 38.8 Å². The monoisotopic (exact) mass is 289 g/mol. The van der Waals surface area contributed by atoms with Crippen LogP contribution in [0, 0.1) is 0 Å². The number of carbonyl (C=O) groups excluding carboxylic acids is 2. The fraction of sp³-hybridized carbons (Fsp3) is 0.692. The van der Waals surface area contributed by atoms with Crippen LogP contribution < -0.4 is 5.32 Å². The zero-order valence-corrected chi connectivity index (χ0v) is 12.8. The molecule has 0 spiro atoms. The third kappa shape index (κ3) is 9.41. The van der Waals surface area contributed by atoms with E-state index in [0.29, 0.717) is 6.42 Å². The maximum Gasteiger partial charge on any atom is 0.408 e. The largest absolute Gasteiger partial charge is 0.460 e. The summed E-state index contributed by atoms with van der Waals surface area (Å²) in [7, 11) is 0. The summed E-state index contributed by atoms with van der Waals surface area (Å²) in [6.07, 6.45) is 3.29. The smallest absolute Gasteiger partial charge is 0.408 e. The van der Waals surface area contributed by atoms with E-state index in [1.165, 1.54) is 6.08 Å². The van der Waals surface area contributed by atoms with Crippen molar-refractivity contribution in [2.75, 3.05) is 18.6 Å². The maximum absolute atomic E-state index is 11.8. The van der Waals surface area contributed by atoms with E-state index in [1.807, 2.05) is 6.26 Å². The fourth-order valence-electron chi connectivity index (χ4n) is 1.18. The van der Waals surface area contributed by atoms with Crippen LogP contribution in [0.25, 0.3) is 0 Å². The molecule has 0 aliphatic rings. The summed E-state index contributed by atoms with van der Waals surface area (Å²) >= 11 is 1.59. The van der Waals surface area contributed by atoms with Crippen LogP contribution in [-0.4, -0.2) is 42.3 Å². The van der Waals surface area contributed by atoms with Gasteiger partial charge in [-0.2, -0.15) is 11.8 Å². The van der Waals surface area contributed by atoms with E-state index in [4.69, 9.17) is 9.47 Å². The molecule has 19 heavy (non-hydrogen) atoms. The second-order valence-corrected chi connectivity index (χ2v) is 5.88. The zero-order valence-electron chi connectivity index (χ0n) is 12.0. The van der Waals surface area contributed by atoms with Gasteiger partial charge < -0.3 is 14.8 Å². The number of nitrogens with one attached hydrogen (secondary N) is 1. The highest BCUT2D eigenvalue weighted by Crippen LogP contribution is 2.08. The molecule has 0 saturated carbocycles. The SMILES string of the molecule is C=CCOC(=O)C(CCSC)NC(=O)OC(C)(C)C. The molecular weight excluding hydrogens is 266 g/mol. The summed E-state index contributed by atoms with van der Waals surface area (Å²) in [5.74, 6) is 0.267. The van der Waals surface area contributed by atoms with Crippen LogP contribution in [0.15, 0.2) is 12.7 Å². The Labute approximate surface area is 119 Å². The normalized spacial score (nSPS) is 12.4. The maximum atomic E-state index is 11.8. The van der Waals surface area contributed by atoms with Crippen LogP contribution in [0.2, 0.25) is 0 Å². The van der Waals surface area contributed by atoms with Crippen LogP contribution >= 0.6 is 11.8 Å². The summed E-state index contributed by atoms with van der Waals surface area (Å²) in [5, 5.41) is 2.53. The standard InChI is InChI=1S/C13H23NO4S/c1-6-8-17-11(15)10(7-9-19-5)14-12(16)18-13(2,3)4/h6,10H,1,7-9H2,2-5H3,(H,14,16). The molecule has 0 radical (unpaired) electrons. The first-order valence-corrected chi connectivity index (χ1v) is 7.45. The Morgan fingerprint density at radius 1 is 1.42 bits per heavy atom. The molecule has 0 aromatic carbocycles. The number of carbonyl (C=O) groups is 2. The van der Waals surface area contributed by atoms with Gasteiger partial charge in [0.25, 0.3) is 0 Å². The fourth-order valence-corrected chi connectivity index (χ4v) is 1.65. The van der Waals surface area contributed by atoms with Crippen molar-refractivity contribution in [3.63, 3.8) is 0 Å². The summed E-state index contributed by atoms with van der Waals surface area (Å²) in [5.41, 5.74) is -0.598. The van der Waals surface area contributed by atoms with Crippen molar-refractivity contribution in [2.24, 2.45) is 0 Å². The van der Waals surface area contributed by atoms with Gasteiger partial charge in [0.1, 0.15) is 18.2 Å². The first kappa shape index (κ1) is 17.8. The molecule has 0 bridgehead atoms. The van der Waals surface area contributed by atoms with Crippen molar-refractivity contribution in [1.82, 2.24) is 5.32 Å². The van der Waals surface area contributed by atoms with E-state index in [-0.39, 0.29) is 6.61 Å². The predicted octanol–water partition coefficient (Wildman–Crippen LogP) is 2.36. The number of alkyl carbamates (subject to hydrolysis) is 1. The van der Waals surface area contributed by atoms with Gasteiger partial charge in [0, 0.05) is 0 Å². The molecule has 0 heterocycles. The van der Waals surface area contributed by atoms with Gasteiger partial charge in [-0.25, -0.2) is 9.59 Å². The van der Waals surface area contributed by atoms with Gasteiger partial charge in [-0.3, -0.25) is 0 Å². The third-order valence-corrected chi connectivity index (χ3v) is 2.57. The summed E-state index contributed by atoms with van der Waals surface area (Å²) in [4.78, 5) is 23.4. The molecule has 1 N–H and O–H groups in total. The minimum Gasteiger partial charge on any atom is -0.460 e. The minimum atomic E-state index is -0.692. The molecule has 1 amide bonds. The number of amides is 1. The van der Waals surface area contributed by atoms with Gasteiger partial charge in [-0.05, 0) is 39.2 Å². The van der Waals surface area contributed by atoms with Gasteiger partial charge in [-0.1, -0.05) is 12.7 Å². The van der Waals surface area contributed by atoms with Gasteiger partial charge in [0.05, 0.1) is 0 Å². The zero-order chi connectivity index (χ0) is 14.9. The van der Waals surface area contributed by atoms with Crippen molar-refractivity contribution in [3.05, 3.63) is 12.7 Å². The lowest BCUT2D eigenvalue weighted by molar-refractivity contribution is -0.144. The van der Waals surface area contributed by atoms with E-state index in [1.54, 1.807) is 32.5 Å². The van der Waals surface area contributed by atoms with Crippen LogP contribution in [-0.2, 0) is 14.3 Å². The number of hydrogen-bond acceptors (Lipinski definition) is 5. The molecule has 0 saturated heterocycles.